The molecule has 0 heterocycles. The summed E-state index contributed by atoms with van der Waals surface area (Å²) in [5, 5.41) is 32.3. The van der Waals surface area contributed by atoms with E-state index in [-0.39, 0.29) is 16.2 Å². The van der Waals surface area contributed by atoms with Gasteiger partial charge >= 0.3 is 43.1 Å². The number of para-hydroxylation sites is 3. The molecule has 4 N–H and O–H groups in total. The lowest BCUT2D eigenvalue weighted by atomic mass is 9.87. The maximum Gasteiger partial charge on any atom is 0.516 e. The molecule has 0 atom stereocenters. The first-order chi connectivity index (χ1) is 40.7. The zero-order valence-electron chi connectivity index (χ0n) is 48.7. The van der Waals surface area contributed by atoms with Gasteiger partial charge in [0.15, 0.2) is 27.2 Å². The third-order valence-electron chi connectivity index (χ3n) is 10.0. The van der Waals surface area contributed by atoms with E-state index in [1.165, 1.54) is 0 Å². The van der Waals surface area contributed by atoms with Crippen LogP contribution in [0.15, 0.2) is 164 Å². The summed E-state index contributed by atoms with van der Waals surface area (Å²) in [6.07, 6.45) is -6.82. The first-order valence-electron chi connectivity index (χ1n) is 25.5. The Balaban J connectivity index is 0.000000390. The number of rotatable bonds is 14. The van der Waals surface area contributed by atoms with Crippen LogP contribution in [0.4, 0.5) is 33.6 Å². The minimum atomic E-state index is -1.09. The lowest BCUT2D eigenvalue weighted by molar-refractivity contribution is -0.0391. The first-order valence-corrected chi connectivity index (χ1v) is 25.5. The van der Waals surface area contributed by atoms with Gasteiger partial charge in [0.1, 0.15) is 34.5 Å². The van der Waals surface area contributed by atoms with Crippen LogP contribution in [0.5, 0.6) is 34.5 Å². The van der Waals surface area contributed by atoms with E-state index in [0.29, 0.717) is 34.5 Å². The molecule has 0 aromatic heterocycles. The number of ether oxygens (including phenoxy) is 14. The Kier molecular flexibility index (Phi) is 32.5. The van der Waals surface area contributed by atoms with E-state index in [0.717, 1.165) is 16.7 Å². The van der Waals surface area contributed by atoms with Gasteiger partial charge in [-0.3, -0.25) is 0 Å². The van der Waals surface area contributed by atoms with Crippen molar-refractivity contribution in [3.8, 4) is 34.5 Å². The molecule has 0 radical (unpaired) electrons. The second-order valence-corrected chi connectivity index (χ2v) is 19.5. The molecular weight excluding hydrogens is 1130 g/mol. The number of carbonyl (C=O) groups is 7. The quantitative estimate of drug-likeness (QED) is 0.0341. The minimum Gasteiger partial charge on any atom is -0.407 e. The van der Waals surface area contributed by atoms with Gasteiger partial charge in [0, 0.05) is 0 Å². The minimum absolute atomic E-state index is 0.000304. The summed E-state index contributed by atoms with van der Waals surface area (Å²) < 4.78 is 63.8. The molecule has 0 saturated carbocycles. The molecule has 0 saturated heterocycles. The van der Waals surface area contributed by atoms with E-state index in [1.807, 2.05) is 36.4 Å². The second kappa shape index (κ2) is 38.8. The molecule has 6 aromatic rings. The van der Waals surface area contributed by atoms with Gasteiger partial charge in [-0.2, -0.15) is 0 Å². The Morgan fingerprint density at radius 3 is 0.616 bits per heavy atom. The summed E-state index contributed by atoms with van der Waals surface area (Å²) in [6.45, 7) is 14.8. The Labute approximate surface area is 496 Å². The zero-order valence-corrected chi connectivity index (χ0v) is 48.7. The number of carbonyl (C=O) groups excluding carboxylic acids is 7. The molecule has 6 rings (SSSR count). The highest BCUT2D eigenvalue weighted by atomic mass is 16.8. The van der Waals surface area contributed by atoms with E-state index in [2.05, 4.69) is 95.5 Å². The molecule has 0 spiro atoms. The van der Waals surface area contributed by atoms with Crippen molar-refractivity contribution in [3.63, 3.8) is 0 Å². The van der Waals surface area contributed by atoms with Gasteiger partial charge in [-0.1, -0.05) is 153 Å². The molecule has 464 valence electrons. The molecule has 0 aliphatic carbocycles. The fraction of sp³-hybridized carbons (Fsp3) is 0.295. The summed E-state index contributed by atoms with van der Waals surface area (Å²) in [5.41, 5.74) is 3.43. The predicted molar refractivity (Wildman–Crippen MR) is 303 cm³/mol. The number of hydrogen-bond acceptors (Lipinski definition) is 25. The van der Waals surface area contributed by atoms with Crippen molar-refractivity contribution in [1.29, 1.82) is 0 Å². The van der Waals surface area contributed by atoms with Crippen molar-refractivity contribution in [1.82, 2.24) is 0 Å². The van der Waals surface area contributed by atoms with Gasteiger partial charge < -0.3 is 86.7 Å². The summed E-state index contributed by atoms with van der Waals surface area (Å²) in [7, 11) is 0. The monoisotopic (exact) mass is 1200 g/mol. The van der Waals surface area contributed by atoms with Crippen LogP contribution in [0.1, 0.15) is 79.0 Å². The Hall–Kier alpha value is -9.95. The highest BCUT2D eigenvalue weighted by molar-refractivity contribution is 5.67. The Bertz CT molecular complexity index is 2780. The van der Waals surface area contributed by atoms with E-state index in [9.17, 15) is 33.6 Å². The summed E-state index contributed by atoms with van der Waals surface area (Å²) in [5.74, 6) is 2.11. The maximum absolute atomic E-state index is 11.7. The van der Waals surface area contributed by atoms with E-state index < -0.39 is 83.8 Å². The van der Waals surface area contributed by atoms with Gasteiger partial charge in [-0.05, 0) is 106 Å². The number of hydrogen-bond donors (Lipinski definition) is 4. The Morgan fingerprint density at radius 1 is 0.256 bits per heavy atom. The molecule has 0 unspecified atom stereocenters. The van der Waals surface area contributed by atoms with Crippen LogP contribution in [-0.2, 0) is 54.1 Å². The van der Waals surface area contributed by atoms with Crippen LogP contribution in [0.25, 0.3) is 0 Å². The molecule has 0 bridgehead atoms. The molecule has 25 nitrogen and oxygen atoms in total. The second-order valence-electron chi connectivity index (χ2n) is 19.5. The smallest absolute Gasteiger partial charge is 0.407 e. The average molecular weight is 1200 g/mol. The highest BCUT2D eigenvalue weighted by Crippen LogP contribution is 2.27. The lowest BCUT2D eigenvalue weighted by Crippen LogP contribution is -2.18. The molecule has 0 amide bonds. The largest absolute Gasteiger partial charge is 0.516 e. The molecule has 0 aliphatic heterocycles. The van der Waals surface area contributed by atoms with Crippen LogP contribution in [0.2, 0.25) is 0 Å². The normalized spacial score (nSPS) is 10.3. The van der Waals surface area contributed by atoms with Gasteiger partial charge in [0.2, 0.25) is 13.6 Å². The van der Waals surface area contributed by atoms with Crippen molar-refractivity contribution in [2.75, 3.05) is 40.8 Å². The summed E-state index contributed by atoms with van der Waals surface area (Å²) >= 11 is 0. The maximum atomic E-state index is 11.7. The SMILES string of the molecule is CC(C)(C)c1ccc(OC(=O)OCO)cc1.CC(C)(C)c1ccc(OC(=O)OCOC(=O)Oc2ccc(C(C)(C)C)cc2)cc1.O=C(OCO)OCO.O=C(OCO)Oc1ccccc1.O=C(OCOC(=O)Oc1ccccc1)Oc1ccccc1. The Morgan fingerprint density at radius 2 is 0.430 bits per heavy atom. The van der Waals surface area contributed by atoms with Crippen molar-refractivity contribution >= 4 is 43.1 Å². The van der Waals surface area contributed by atoms with Crippen molar-refractivity contribution in [2.45, 2.75) is 78.6 Å². The van der Waals surface area contributed by atoms with Gasteiger partial charge in [0.25, 0.3) is 0 Å². The van der Waals surface area contributed by atoms with Crippen molar-refractivity contribution in [3.05, 3.63) is 180 Å². The van der Waals surface area contributed by atoms with Crippen LogP contribution >= 0.6 is 0 Å². The van der Waals surface area contributed by atoms with Gasteiger partial charge in [-0.25, -0.2) is 33.6 Å². The molecule has 86 heavy (non-hydrogen) atoms. The first kappa shape index (κ1) is 72.2. The third kappa shape index (κ3) is 32.6. The molecule has 0 aliphatic rings. The standard InChI is InChI=1S/C23H28O6.C15H12O6.C12H16O4.C8H8O4.C3H6O5/c1-22(2,3)16-7-11-18(12-8-16)28-20(24)26-15-27-21(25)29-19-13-9-17(10-14-19)23(4,5)6;16-14(20-12-7-3-1-4-8-12)18-11-19-15(17)21-13-9-5-2-6-10-13;1-12(2,3)9-4-6-10(7-5-9)16-11(14)15-8-13;9-6-11-8(10)12-7-4-2-1-3-5-7;4-1-7-3(6)8-2-5/h7-14H,15H2,1-6H3;1-10H,11H2;4-7,13H,8H2,1-3H3;1-5,9H,6H2;4-5H,1-2H2. The van der Waals surface area contributed by atoms with Crippen molar-refractivity contribution in [2.24, 2.45) is 0 Å². The van der Waals surface area contributed by atoms with E-state index in [4.69, 9.17) is 53.6 Å². The summed E-state index contributed by atoms with van der Waals surface area (Å²) in [6, 6.07) is 46.6. The van der Waals surface area contributed by atoms with Crippen LogP contribution in [0.3, 0.4) is 0 Å². The summed E-state index contributed by atoms with van der Waals surface area (Å²) in [4.78, 5) is 77.3. The van der Waals surface area contributed by atoms with Gasteiger partial charge in [-0.15, -0.1) is 0 Å². The highest BCUT2D eigenvalue weighted by Gasteiger charge is 2.18. The molecular formula is C61H70O25. The molecule has 0 fully saturated rings. The lowest BCUT2D eigenvalue weighted by Gasteiger charge is -2.19. The molecule has 6 aromatic carbocycles. The van der Waals surface area contributed by atoms with Crippen LogP contribution in [0, 0.1) is 0 Å². The predicted octanol–water partition coefficient (Wildman–Crippen LogP) is 12.0. The van der Waals surface area contributed by atoms with Gasteiger partial charge in [0.05, 0.1) is 0 Å². The number of aliphatic hydroxyl groups is 4. The zero-order chi connectivity index (χ0) is 64.0. The topological polar surface area (TPSA) is 330 Å². The van der Waals surface area contributed by atoms with Crippen LogP contribution < -0.4 is 28.4 Å². The fourth-order valence-electron chi connectivity index (χ4n) is 5.79. The third-order valence-corrected chi connectivity index (χ3v) is 10.0. The van der Waals surface area contributed by atoms with E-state index >= 15 is 0 Å². The van der Waals surface area contributed by atoms with Crippen LogP contribution in [-0.4, -0.2) is 104 Å². The average Bonchev–Trinajstić information content (AvgIpc) is 3.23. The number of benzene rings is 6. The molecule has 25 heteroatoms. The van der Waals surface area contributed by atoms with E-state index in [1.54, 1.807) is 127 Å². The number of aliphatic hydroxyl groups excluding tert-OH is 4. The fourth-order valence-corrected chi connectivity index (χ4v) is 5.79. The van der Waals surface area contributed by atoms with Crippen molar-refractivity contribution < 1.29 is 120 Å².